The maximum absolute atomic E-state index is 12.1. The number of amides is 1. The molecule has 0 aliphatic carbocycles. The van der Waals surface area contributed by atoms with Crippen LogP contribution in [-0.4, -0.2) is 20.9 Å². The first kappa shape index (κ1) is 13.5. The van der Waals surface area contributed by atoms with Crippen LogP contribution in [-0.2, 0) is 11.3 Å². The monoisotopic (exact) mass is 283 g/mol. The van der Waals surface area contributed by atoms with Crippen LogP contribution in [0.3, 0.4) is 0 Å². The SMILES string of the molecule is C=Cc1ccc(CN2C(=O)CCC2c2nc(C)no2)cc1. The first-order chi connectivity index (χ1) is 10.2. The van der Waals surface area contributed by atoms with Gasteiger partial charge in [0.15, 0.2) is 5.82 Å². The zero-order valence-electron chi connectivity index (χ0n) is 12.0. The molecule has 0 N–H and O–H groups in total. The van der Waals surface area contributed by atoms with Gasteiger partial charge in [0.05, 0.1) is 0 Å². The third-order valence-corrected chi connectivity index (χ3v) is 3.72. The van der Waals surface area contributed by atoms with Gasteiger partial charge in [-0.05, 0) is 24.5 Å². The summed E-state index contributed by atoms with van der Waals surface area (Å²) in [5.74, 6) is 1.25. The van der Waals surface area contributed by atoms with Crippen molar-refractivity contribution in [1.29, 1.82) is 0 Å². The average molecular weight is 283 g/mol. The molecule has 2 heterocycles. The Hall–Kier alpha value is -2.43. The van der Waals surface area contributed by atoms with Crippen molar-refractivity contribution >= 4 is 12.0 Å². The molecule has 1 aliphatic heterocycles. The van der Waals surface area contributed by atoms with Gasteiger partial charge in [-0.2, -0.15) is 4.98 Å². The van der Waals surface area contributed by atoms with E-state index in [1.165, 1.54) is 0 Å². The van der Waals surface area contributed by atoms with Crippen molar-refractivity contribution in [2.75, 3.05) is 0 Å². The lowest BCUT2D eigenvalue weighted by Crippen LogP contribution is -2.27. The van der Waals surface area contributed by atoms with Crippen molar-refractivity contribution in [2.24, 2.45) is 0 Å². The predicted octanol–water partition coefficient (Wildman–Crippen LogP) is 2.88. The van der Waals surface area contributed by atoms with Crippen LogP contribution in [0.2, 0.25) is 0 Å². The molecule has 3 rings (SSSR count). The molecule has 0 bridgehead atoms. The molecular formula is C16H17N3O2. The normalized spacial score (nSPS) is 18.2. The predicted molar refractivity (Wildman–Crippen MR) is 78.1 cm³/mol. The minimum Gasteiger partial charge on any atom is -0.337 e. The summed E-state index contributed by atoms with van der Waals surface area (Å²) in [7, 11) is 0. The van der Waals surface area contributed by atoms with E-state index in [-0.39, 0.29) is 11.9 Å². The minimum absolute atomic E-state index is 0.113. The van der Waals surface area contributed by atoms with Crippen LogP contribution in [0.4, 0.5) is 0 Å². The number of aromatic nitrogens is 2. The molecule has 0 radical (unpaired) electrons. The quantitative estimate of drug-likeness (QED) is 0.865. The van der Waals surface area contributed by atoms with E-state index in [2.05, 4.69) is 16.7 Å². The second-order valence-electron chi connectivity index (χ2n) is 5.20. The number of nitrogens with zero attached hydrogens (tertiary/aromatic N) is 3. The fourth-order valence-electron chi connectivity index (χ4n) is 2.59. The van der Waals surface area contributed by atoms with E-state index in [0.29, 0.717) is 24.7 Å². The molecule has 0 saturated carbocycles. The largest absolute Gasteiger partial charge is 0.337 e. The van der Waals surface area contributed by atoms with E-state index in [9.17, 15) is 4.79 Å². The number of benzene rings is 1. The van der Waals surface area contributed by atoms with Gasteiger partial charge in [-0.25, -0.2) is 0 Å². The summed E-state index contributed by atoms with van der Waals surface area (Å²) >= 11 is 0. The van der Waals surface area contributed by atoms with Crippen molar-refractivity contribution in [3.05, 3.63) is 53.7 Å². The van der Waals surface area contributed by atoms with Crippen LogP contribution in [0.5, 0.6) is 0 Å². The summed E-state index contributed by atoms with van der Waals surface area (Å²) in [6.45, 7) is 6.08. The topological polar surface area (TPSA) is 59.2 Å². The lowest BCUT2D eigenvalue weighted by molar-refractivity contribution is -0.129. The van der Waals surface area contributed by atoms with Crippen molar-refractivity contribution in [3.8, 4) is 0 Å². The van der Waals surface area contributed by atoms with Crippen LogP contribution >= 0.6 is 0 Å². The molecule has 1 aromatic carbocycles. The summed E-state index contributed by atoms with van der Waals surface area (Å²) in [6.07, 6.45) is 3.05. The van der Waals surface area contributed by atoms with Gasteiger partial charge < -0.3 is 9.42 Å². The molecule has 5 heteroatoms. The lowest BCUT2D eigenvalue weighted by atomic mass is 10.1. The van der Waals surface area contributed by atoms with Gasteiger partial charge in [0, 0.05) is 13.0 Å². The minimum atomic E-state index is -0.113. The summed E-state index contributed by atoms with van der Waals surface area (Å²) in [6, 6.07) is 7.90. The Labute approximate surface area is 123 Å². The smallest absolute Gasteiger partial charge is 0.249 e. The van der Waals surface area contributed by atoms with Gasteiger partial charge in [0.2, 0.25) is 11.8 Å². The zero-order valence-corrected chi connectivity index (χ0v) is 12.0. The van der Waals surface area contributed by atoms with E-state index >= 15 is 0 Å². The fraction of sp³-hybridized carbons (Fsp3) is 0.312. The lowest BCUT2D eigenvalue weighted by Gasteiger charge is -2.22. The van der Waals surface area contributed by atoms with Gasteiger partial charge in [0.1, 0.15) is 6.04 Å². The first-order valence-corrected chi connectivity index (χ1v) is 6.98. The Bertz CT molecular complexity index is 660. The summed E-state index contributed by atoms with van der Waals surface area (Å²) in [5, 5.41) is 3.82. The highest BCUT2D eigenvalue weighted by Gasteiger charge is 2.35. The molecule has 5 nitrogen and oxygen atoms in total. The Morgan fingerprint density at radius 1 is 1.43 bits per heavy atom. The van der Waals surface area contributed by atoms with E-state index in [1.807, 2.05) is 29.2 Å². The molecule has 108 valence electrons. The van der Waals surface area contributed by atoms with Crippen molar-refractivity contribution in [1.82, 2.24) is 15.0 Å². The molecule has 21 heavy (non-hydrogen) atoms. The second-order valence-corrected chi connectivity index (χ2v) is 5.20. The molecule has 2 aromatic rings. The molecule has 0 spiro atoms. The van der Waals surface area contributed by atoms with Gasteiger partial charge in [-0.3, -0.25) is 4.79 Å². The Balaban J connectivity index is 1.80. The highest BCUT2D eigenvalue weighted by molar-refractivity contribution is 5.78. The third kappa shape index (κ3) is 2.72. The number of aryl methyl sites for hydroxylation is 1. The molecule has 1 aromatic heterocycles. The van der Waals surface area contributed by atoms with Crippen LogP contribution < -0.4 is 0 Å². The second kappa shape index (κ2) is 5.52. The van der Waals surface area contributed by atoms with E-state index in [0.717, 1.165) is 17.5 Å². The van der Waals surface area contributed by atoms with Crippen LogP contribution in [0.25, 0.3) is 6.08 Å². The number of likely N-dealkylation sites (tertiary alicyclic amines) is 1. The fourth-order valence-corrected chi connectivity index (χ4v) is 2.59. The maximum atomic E-state index is 12.1. The zero-order chi connectivity index (χ0) is 14.8. The molecular weight excluding hydrogens is 266 g/mol. The maximum Gasteiger partial charge on any atom is 0.249 e. The molecule has 1 atom stereocenters. The van der Waals surface area contributed by atoms with Gasteiger partial charge >= 0.3 is 0 Å². The molecule has 1 fully saturated rings. The van der Waals surface area contributed by atoms with Crippen molar-refractivity contribution < 1.29 is 9.32 Å². The van der Waals surface area contributed by atoms with E-state index in [4.69, 9.17) is 4.52 Å². The Morgan fingerprint density at radius 2 is 2.19 bits per heavy atom. The van der Waals surface area contributed by atoms with Crippen molar-refractivity contribution in [2.45, 2.75) is 32.4 Å². The standard InChI is InChI=1S/C16H17N3O2/c1-3-12-4-6-13(7-5-12)10-19-14(8-9-15(19)20)16-17-11(2)18-21-16/h3-7,14H,1,8-10H2,2H3. The number of rotatable bonds is 4. The molecule has 1 amide bonds. The summed E-state index contributed by atoms with van der Waals surface area (Å²) in [4.78, 5) is 18.2. The van der Waals surface area contributed by atoms with Crippen LogP contribution in [0.15, 0.2) is 35.4 Å². The van der Waals surface area contributed by atoms with Gasteiger partial charge in [0.25, 0.3) is 0 Å². The Morgan fingerprint density at radius 3 is 2.81 bits per heavy atom. The van der Waals surface area contributed by atoms with Gasteiger partial charge in [-0.15, -0.1) is 0 Å². The summed E-state index contributed by atoms with van der Waals surface area (Å²) in [5.41, 5.74) is 2.15. The van der Waals surface area contributed by atoms with Crippen molar-refractivity contribution in [3.63, 3.8) is 0 Å². The highest BCUT2D eigenvalue weighted by atomic mass is 16.5. The first-order valence-electron chi connectivity index (χ1n) is 6.98. The Kier molecular flexibility index (Phi) is 3.56. The average Bonchev–Trinajstić information content (AvgIpc) is 3.07. The number of carbonyl (C=O) groups is 1. The molecule has 1 aliphatic rings. The number of hydrogen-bond donors (Lipinski definition) is 0. The molecule has 1 saturated heterocycles. The van der Waals surface area contributed by atoms with E-state index < -0.39 is 0 Å². The highest BCUT2D eigenvalue weighted by Crippen LogP contribution is 2.33. The molecule has 1 unspecified atom stereocenters. The summed E-state index contributed by atoms with van der Waals surface area (Å²) < 4.78 is 5.23. The third-order valence-electron chi connectivity index (χ3n) is 3.72. The number of hydrogen-bond acceptors (Lipinski definition) is 4. The van der Waals surface area contributed by atoms with E-state index in [1.54, 1.807) is 13.0 Å². The van der Waals surface area contributed by atoms with Crippen LogP contribution in [0.1, 0.15) is 41.7 Å². The number of carbonyl (C=O) groups excluding carboxylic acids is 1. The van der Waals surface area contributed by atoms with Crippen LogP contribution in [0, 0.1) is 6.92 Å². The van der Waals surface area contributed by atoms with Gasteiger partial charge in [-0.1, -0.05) is 42.1 Å².